The zero-order valence-corrected chi connectivity index (χ0v) is 8.06. The first kappa shape index (κ1) is 9.41. The van der Waals surface area contributed by atoms with Gasteiger partial charge in [0.25, 0.3) is 0 Å². The maximum Gasteiger partial charge on any atom is 0.116 e. The van der Waals surface area contributed by atoms with Gasteiger partial charge in [-0.05, 0) is 50.7 Å². The Morgan fingerprint density at radius 3 is 2.54 bits per heavy atom. The summed E-state index contributed by atoms with van der Waals surface area (Å²) in [6.45, 7) is 3.73. The van der Waals surface area contributed by atoms with Crippen molar-refractivity contribution in [1.82, 2.24) is 10.6 Å². The van der Waals surface area contributed by atoms with Crippen LogP contribution in [-0.4, -0.2) is 32.4 Å². The summed E-state index contributed by atoms with van der Waals surface area (Å²) in [6, 6.07) is 0. The highest BCUT2D eigenvalue weighted by molar-refractivity contribution is 4.85. The normalized spacial score (nSPS) is 41.8. The van der Waals surface area contributed by atoms with Gasteiger partial charge in [0.05, 0.1) is 0 Å². The Hall–Kier alpha value is -0.150. The summed E-state index contributed by atoms with van der Waals surface area (Å²) in [5, 5.41) is 6.47. The first-order valence-electron chi connectivity index (χ1n) is 5.43. The van der Waals surface area contributed by atoms with E-state index in [0.29, 0.717) is 18.4 Å². The molecule has 3 atom stereocenters. The lowest BCUT2D eigenvalue weighted by atomic mass is 9.79. The third kappa shape index (κ3) is 2.20. The highest BCUT2D eigenvalue weighted by Crippen LogP contribution is 2.28. The Kier molecular flexibility index (Phi) is 3.17. The molecule has 3 heteroatoms. The SMILES string of the molecule is FC1CNCCC1C1CCCNC1. The molecule has 2 nitrogen and oxygen atoms in total. The predicted octanol–water partition coefficient (Wildman–Crippen LogP) is 0.934. The fourth-order valence-electron chi connectivity index (χ4n) is 2.62. The third-order valence-electron chi connectivity index (χ3n) is 3.40. The summed E-state index contributed by atoms with van der Waals surface area (Å²) >= 11 is 0. The van der Waals surface area contributed by atoms with Gasteiger partial charge in [-0.1, -0.05) is 0 Å². The minimum absolute atomic E-state index is 0.314. The lowest BCUT2D eigenvalue weighted by molar-refractivity contribution is 0.109. The van der Waals surface area contributed by atoms with Gasteiger partial charge in [0.15, 0.2) is 0 Å². The van der Waals surface area contributed by atoms with Crippen LogP contribution in [0.3, 0.4) is 0 Å². The molecular formula is C10H19FN2. The Morgan fingerprint density at radius 2 is 1.85 bits per heavy atom. The first-order valence-corrected chi connectivity index (χ1v) is 5.43. The Bertz CT molecular complexity index is 157. The minimum atomic E-state index is -0.612. The maximum absolute atomic E-state index is 13.5. The summed E-state index contributed by atoms with van der Waals surface area (Å²) in [5.41, 5.74) is 0. The van der Waals surface area contributed by atoms with Crippen LogP contribution in [0, 0.1) is 11.8 Å². The Balaban J connectivity index is 1.88. The molecule has 0 bridgehead atoms. The van der Waals surface area contributed by atoms with Crippen molar-refractivity contribution in [3.8, 4) is 0 Å². The van der Waals surface area contributed by atoms with Gasteiger partial charge in [-0.2, -0.15) is 0 Å². The molecule has 0 amide bonds. The van der Waals surface area contributed by atoms with E-state index in [1.165, 1.54) is 12.8 Å². The van der Waals surface area contributed by atoms with Crippen LogP contribution in [0.5, 0.6) is 0 Å². The zero-order chi connectivity index (χ0) is 9.10. The fraction of sp³-hybridized carbons (Fsp3) is 1.00. The van der Waals surface area contributed by atoms with Crippen LogP contribution in [0.2, 0.25) is 0 Å². The molecule has 76 valence electrons. The van der Waals surface area contributed by atoms with Gasteiger partial charge in [0.1, 0.15) is 6.17 Å². The highest BCUT2D eigenvalue weighted by Gasteiger charge is 2.32. The van der Waals surface area contributed by atoms with Crippen molar-refractivity contribution in [1.29, 1.82) is 0 Å². The van der Waals surface area contributed by atoms with E-state index in [1.54, 1.807) is 0 Å². The smallest absolute Gasteiger partial charge is 0.116 e. The molecule has 2 heterocycles. The number of hydrogen-bond donors (Lipinski definition) is 2. The van der Waals surface area contributed by atoms with E-state index >= 15 is 0 Å². The van der Waals surface area contributed by atoms with Gasteiger partial charge >= 0.3 is 0 Å². The van der Waals surface area contributed by atoms with E-state index in [2.05, 4.69) is 10.6 Å². The summed E-state index contributed by atoms with van der Waals surface area (Å²) in [4.78, 5) is 0. The number of rotatable bonds is 1. The average molecular weight is 186 g/mol. The largest absolute Gasteiger partial charge is 0.316 e. The van der Waals surface area contributed by atoms with Gasteiger partial charge in [-0.3, -0.25) is 0 Å². The zero-order valence-electron chi connectivity index (χ0n) is 8.06. The van der Waals surface area contributed by atoms with Gasteiger partial charge < -0.3 is 10.6 Å². The van der Waals surface area contributed by atoms with Crippen molar-refractivity contribution in [2.24, 2.45) is 11.8 Å². The first-order chi connectivity index (χ1) is 6.38. The molecule has 0 spiro atoms. The maximum atomic E-state index is 13.5. The monoisotopic (exact) mass is 186 g/mol. The quantitative estimate of drug-likeness (QED) is 0.636. The van der Waals surface area contributed by atoms with Crippen LogP contribution >= 0.6 is 0 Å². The number of alkyl halides is 1. The molecule has 0 saturated carbocycles. The number of hydrogen-bond acceptors (Lipinski definition) is 2. The van der Waals surface area contributed by atoms with Gasteiger partial charge in [0.2, 0.25) is 0 Å². The van der Waals surface area contributed by atoms with Gasteiger partial charge in [0, 0.05) is 6.54 Å². The summed E-state index contributed by atoms with van der Waals surface area (Å²) in [5.74, 6) is 0.903. The van der Waals surface area contributed by atoms with Gasteiger partial charge in [-0.25, -0.2) is 4.39 Å². The molecule has 0 aromatic carbocycles. The van der Waals surface area contributed by atoms with E-state index in [4.69, 9.17) is 0 Å². The van der Waals surface area contributed by atoms with Crippen LogP contribution in [0.4, 0.5) is 4.39 Å². The topological polar surface area (TPSA) is 24.1 Å². The summed E-state index contributed by atoms with van der Waals surface area (Å²) in [7, 11) is 0. The third-order valence-corrected chi connectivity index (χ3v) is 3.40. The van der Waals surface area contributed by atoms with Crippen LogP contribution in [0.15, 0.2) is 0 Å². The molecule has 13 heavy (non-hydrogen) atoms. The molecule has 2 rings (SSSR count). The van der Waals surface area contributed by atoms with E-state index < -0.39 is 6.17 Å². The van der Waals surface area contributed by atoms with Crippen molar-refractivity contribution in [2.75, 3.05) is 26.2 Å². The number of halogens is 1. The fourth-order valence-corrected chi connectivity index (χ4v) is 2.62. The van der Waals surface area contributed by atoms with Crippen LogP contribution < -0.4 is 10.6 Å². The van der Waals surface area contributed by atoms with E-state index in [9.17, 15) is 4.39 Å². The summed E-state index contributed by atoms with van der Waals surface area (Å²) < 4.78 is 13.5. The van der Waals surface area contributed by atoms with E-state index in [1.807, 2.05) is 0 Å². The van der Waals surface area contributed by atoms with Crippen molar-refractivity contribution in [3.63, 3.8) is 0 Å². The molecule has 0 radical (unpaired) electrons. The second kappa shape index (κ2) is 4.38. The number of nitrogens with one attached hydrogen (secondary N) is 2. The van der Waals surface area contributed by atoms with Crippen molar-refractivity contribution in [3.05, 3.63) is 0 Å². The molecule has 2 aliphatic heterocycles. The number of piperidine rings is 2. The van der Waals surface area contributed by atoms with Crippen molar-refractivity contribution < 1.29 is 4.39 Å². The highest BCUT2D eigenvalue weighted by atomic mass is 19.1. The molecule has 0 aromatic heterocycles. The van der Waals surface area contributed by atoms with E-state index in [-0.39, 0.29) is 0 Å². The van der Waals surface area contributed by atoms with Crippen molar-refractivity contribution >= 4 is 0 Å². The second-order valence-electron chi connectivity index (χ2n) is 4.28. The molecular weight excluding hydrogens is 167 g/mol. The molecule has 2 saturated heterocycles. The molecule has 2 N–H and O–H groups in total. The van der Waals surface area contributed by atoms with Crippen LogP contribution in [0.1, 0.15) is 19.3 Å². The molecule has 2 aliphatic rings. The Labute approximate surface area is 79.3 Å². The standard InChI is InChI=1S/C10H19FN2/c11-10-7-13-5-3-9(10)8-2-1-4-12-6-8/h8-10,12-13H,1-7H2. The molecule has 0 aliphatic carbocycles. The Morgan fingerprint density at radius 1 is 1.00 bits per heavy atom. The van der Waals surface area contributed by atoms with Crippen molar-refractivity contribution in [2.45, 2.75) is 25.4 Å². The molecule has 3 unspecified atom stereocenters. The summed E-state index contributed by atoms with van der Waals surface area (Å²) in [6.07, 6.45) is 2.85. The van der Waals surface area contributed by atoms with Crippen LogP contribution in [-0.2, 0) is 0 Å². The second-order valence-corrected chi connectivity index (χ2v) is 4.28. The van der Waals surface area contributed by atoms with E-state index in [0.717, 1.165) is 26.1 Å². The van der Waals surface area contributed by atoms with Gasteiger partial charge in [-0.15, -0.1) is 0 Å². The van der Waals surface area contributed by atoms with Crippen LogP contribution in [0.25, 0.3) is 0 Å². The lowest BCUT2D eigenvalue weighted by Gasteiger charge is -2.35. The molecule has 2 fully saturated rings. The minimum Gasteiger partial charge on any atom is -0.316 e. The molecule has 0 aromatic rings. The predicted molar refractivity (Wildman–Crippen MR) is 51.5 cm³/mol. The average Bonchev–Trinajstić information content (AvgIpc) is 2.20. The lowest BCUT2D eigenvalue weighted by Crippen LogP contribution is -2.45.